The van der Waals surface area contributed by atoms with Gasteiger partial charge in [-0.3, -0.25) is 14.3 Å². The number of para-hydroxylation sites is 1. The van der Waals surface area contributed by atoms with Crippen LogP contribution in [0.2, 0.25) is 0 Å². The lowest BCUT2D eigenvalue weighted by Gasteiger charge is -2.25. The predicted octanol–water partition coefficient (Wildman–Crippen LogP) is 3.60. The first kappa shape index (κ1) is 16.1. The smallest absolute Gasteiger partial charge is 0.261 e. The molecule has 0 N–H and O–H groups in total. The molecule has 0 spiro atoms. The molecule has 1 aliphatic heterocycles. The summed E-state index contributed by atoms with van der Waals surface area (Å²) in [5.41, 5.74) is 0.845. The van der Waals surface area contributed by atoms with Gasteiger partial charge in [0, 0.05) is 30.6 Å². The molecule has 0 bridgehead atoms. The van der Waals surface area contributed by atoms with Crippen molar-refractivity contribution in [3.63, 3.8) is 0 Å². The SMILES string of the molecule is Cn1c(C2CCCN2Cc2cnc(C3CC3)s2)nc2ccccc2c1=O. The van der Waals surface area contributed by atoms with Gasteiger partial charge in [-0.15, -0.1) is 11.3 Å². The number of likely N-dealkylation sites (tertiary alicyclic amines) is 1. The van der Waals surface area contributed by atoms with Gasteiger partial charge in [0.15, 0.2) is 0 Å². The average molecular weight is 366 g/mol. The van der Waals surface area contributed by atoms with Gasteiger partial charge in [-0.2, -0.15) is 0 Å². The van der Waals surface area contributed by atoms with Gasteiger partial charge in [0.05, 0.1) is 22.0 Å². The van der Waals surface area contributed by atoms with Crippen molar-refractivity contribution >= 4 is 22.2 Å². The van der Waals surface area contributed by atoms with Crippen molar-refractivity contribution < 1.29 is 0 Å². The lowest BCUT2D eigenvalue weighted by Crippen LogP contribution is -2.30. The van der Waals surface area contributed by atoms with Crippen molar-refractivity contribution in [2.24, 2.45) is 7.05 Å². The second-order valence-electron chi connectivity index (χ2n) is 7.42. The first-order valence-corrected chi connectivity index (χ1v) is 10.2. The number of nitrogens with zero attached hydrogens (tertiary/aromatic N) is 4. The van der Waals surface area contributed by atoms with E-state index >= 15 is 0 Å². The minimum absolute atomic E-state index is 0.0475. The fourth-order valence-corrected chi connectivity index (χ4v) is 5.07. The molecule has 3 heterocycles. The van der Waals surface area contributed by atoms with Gasteiger partial charge < -0.3 is 0 Å². The summed E-state index contributed by atoms with van der Waals surface area (Å²) in [7, 11) is 1.85. The Morgan fingerprint density at radius 3 is 2.92 bits per heavy atom. The maximum atomic E-state index is 12.8. The number of hydrogen-bond acceptors (Lipinski definition) is 5. The number of rotatable bonds is 4. The van der Waals surface area contributed by atoms with E-state index in [0.717, 1.165) is 37.3 Å². The molecule has 2 aromatic heterocycles. The van der Waals surface area contributed by atoms with Gasteiger partial charge >= 0.3 is 0 Å². The van der Waals surface area contributed by atoms with E-state index in [0.29, 0.717) is 11.3 Å². The summed E-state index contributed by atoms with van der Waals surface area (Å²) in [5, 5.41) is 1.99. The van der Waals surface area contributed by atoms with Crippen LogP contribution in [0.15, 0.2) is 35.3 Å². The first-order valence-electron chi connectivity index (χ1n) is 9.35. The molecule has 1 aromatic carbocycles. The topological polar surface area (TPSA) is 51.0 Å². The van der Waals surface area contributed by atoms with E-state index in [1.54, 1.807) is 4.57 Å². The average Bonchev–Trinajstić information content (AvgIpc) is 3.23. The van der Waals surface area contributed by atoms with Crippen LogP contribution in [0.3, 0.4) is 0 Å². The molecule has 1 atom stereocenters. The van der Waals surface area contributed by atoms with Gasteiger partial charge in [-0.1, -0.05) is 12.1 Å². The molecular weight excluding hydrogens is 344 g/mol. The Balaban J connectivity index is 1.47. The summed E-state index contributed by atoms with van der Waals surface area (Å²) in [4.78, 5) is 26.0. The Morgan fingerprint density at radius 1 is 1.23 bits per heavy atom. The highest BCUT2D eigenvalue weighted by Crippen LogP contribution is 2.42. The molecule has 26 heavy (non-hydrogen) atoms. The Labute approximate surface area is 156 Å². The van der Waals surface area contributed by atoms with Crippen LogP contribution >= 0.6 is 11.3 Å². The van der Waals surface area contributed by atoms with Gasteiger partial charge in [0.2, 0.25) is 0 Å². The second-order valence-corrected chi connectivity index (χ2v) is 8.57. The zero-order valence-corrected chi connectivity index (χ0v) is 15.7. The minimum atomic E-state index is 0.0475. The number of thiazole rings is 1. The molecule has 5 rings (SSSR count). The molecule has 1 saturated carbocycles. The van der Waals surface area contributed by atoms with Crippen LogP contribution < -0.4 is 5.56 Å². The van der Waals surface area contributed by atoms with Crippen molar-refractivity contribution in [3.05, 3.63) is 56.5 Å². The van der Waals surface area contributed by atoms with Crippen molar-refractivity contribution in [2.75, 3.05) is 6.54 Å². The molecule has 1 aliphatic carbocycles. The van der Waals surface area contributed by atoms with Crippen molar-refractivity contribution in [3.8, 4) is 0 Å². The summed E-state index contributed by atoms with van der Waals surface area (Å²) >= 11 is 1.86. The van der Waals surface area contributed by atoms with Crippen molar-refractivity contribution in [1.82, 2.24) is 19.4 Å². The maximum Gasteiger partial charge on any atom is 0.261 e. The molecule has 5 nitrogen and oxygen atoms in total. The van der Waals surface area contributed by atoms with Crippen LogP contribution in [0.25, 0.3) is 10.9 Å². The van der Waals surface area contributed by atoms with E-state index in [1.807, 2.05) is 48.8 Å². The highest BCUT2D eigenvalue weighted by atomic mass is 32.1. The number of aromatic nitrogens is 3. The first-order chi connectivity index (χ1) is 12.7. The van der Waals surface area contributed by atoms with E-state index < -0.39 is 0 Å². The fraction of sp³-hybridized carbons (Fsp3) is 0.450. The Bertz CT molecular complexity index is 1020. The highest BCUT2D eigenvalue weighted by Gasteiger charge is 2.31. The maximum absolute atomic E-state index is 12.8. The van der Waals surface area contributed by atoms with Gasteiger partial charge in [-0.25, -0.2) is 9.97 Å². The lowest BCUT2D eigenvalue weighted by molar-refractivity contribution is 0.237. The predicted molar refractivity (Wildman–Crippen MR) is 103 cm³/mol. The van der Waals surface area contributed by atoms with Crippen LogP contribution in [0.1, 0.15) is 53.4 Å². The lowest BCUT2D eigenvalue weighted by atomic mass is 10.1. The number of benzene rings is 1. The molecule has 1 saturated heterocycles. The summed E-state index contributed by atoms with van der Waals surface area (Å²) in [6, 6.07) is 7.83. The van der Waals surface area contributed by atoms with E-state index in [1.165, 1.54) is 22.7 Å². The van der Waals surface area contributed by atoms with E-state index in [4.69, 9.17) is 4.98 Å². The van der Waals surface area contributed by atoms with Crippen LogP contribution in [-0.4, -0.2) is 26.0 Å². The van der Waals surface area contributed by atoms with E-state index in [2.05, 4.69) is 9.88 Å². The third-order valence-corrected chi connectivity index (χ3v) is 6.68. The molecular formula is C20H22N4OS. The number of hydrogen-bond donors (Lipinski definition) is 0. The molecule has 1 unspecified atom stereocenters. The highest BCUT2D eigenvalue weighted by molar-refractivity contribution is 7.11. The monoisotopic (exact) mass is 366 g/mol. The third-order valence-electron chi connectivity index (χ3n) is 5.54. The summed E-state index contributed by atoms with van der Waals surface area (Å²) in [6.07, 6.45) is 6.82. The molecule has 0 radical (unpaired) electrons. The minimum Gasteiger partial charge on any atom is -0.298 e. The second kappa shape index (κ2) is 6.28. The van der Waals surface area contributed by atoms with E-state index in [9.17, 15) is 4.79 Å². The molecule has 0 amide bonds. The third kappa shape index (κ3) is 2.77. The van der Waals surface area contributed by atoms with E-state index in [-0.39, 0.29) is 11.6 Å². The molecule has 2 aliphatic rings. The molecule has 134 valence electrons. The number of fused-ring (bicyclic) bond motifs is 1. The van der Waals surface area contributed by atoms with Crippen molar-refractivity contribution in [2.45, 2.75) is 44.2 Å². The zero-order chi connectivity index (χ0) is 17.7. The quantitative estimate of drug-likeness (QED) is 0.708. The normalized spacial score (nSPS) is 20.9. The van der Waals surface area contributed by atoms with Crippen LogP contribution in [0.4, 0.5) is 0 Å². The van der Waals surface area contributed by atoms with Gasteiger partial charge in [0.1, 0.15) is 5.82 Å². The van der Waals surface area contributed by atoms with Crippen LogP contribution in [0.5, 0.6) is 0 Å². The van der Waals surface area contributed by atoms with Crippen molar-refractivity contribution in [1.29, 1.82) is 0 Å². The van der Waals surface area contributed by atoms with Crippen LogP contribution in [-0.2, 0) is 13.6 Å². The zero-order valence-electron chi connectivity index (χ0n) is 14.9. The summed E-state index contributed by atoms with van der Waals surface area (Å²) < 4.78 is 1.74. The van der Waals surface area contributed by atoms with Crippen LogP contribution in [0, 0.1) is 0 Å². The summed E-state index contributed by atoms with van der Waals surface area (Å²) in [5.74, 6) is 1.60. The van der Waals surface area contributed by atoms with Gasteiger partial charge in [0.25, 0.3) is 5.56 Å². The largest absolute Gasteiger partial charge is 0.298 e. The van der Waals surface area contributed by atoms with Gasteiger partial charge in [-0.05, 0) is 44.4 Å². The summed E-state index contributed by atoms with van der Waals surface area (Å²) in [6.45, 7) is 1.95. The standard InChI is InChI=1S/C20H22N4OS/c1-23-18(22-16-6-3-2-5-15(16)20(23)25)17-7-4-10-24(17)12-14-11-21-19(26-14)13-8-9-13/h2-3,5-6,11,13,17H,4,7-10,12H2,1H3. The molecule has 2 fully saturated rings. The Hall–Kier alpha value is -2.05. The molecule has 3 aromatic rings. The Morgan fingerprint density at radius 2 is 2.08 bits per heavy atom. The Kier molecular flexibility index (Phi) is 3.90. The fourth-order valence-electron chi connectivity index (χ4n) is 3.96. The molecule has 6 heteroatoms.